The third-order valence-corrected chi connectivity index (χ3v) is 3.87. The van der Waals surface area contributed by atoms with Crippen molar-refractivity contribution in [3.63, 3.8) is 0 Å². The molecule has 6 heteroatoms. The number of benzene rings is 1. The Morgan fingerprint density at radius 1 is 1.39 bits per heavy atom. The number of rotatable bonds is 9. The van der Waals surface area contributed by atoms with Gasteiger partial charge in [-0.3, -0.25) is 4.79 Å². The number of nitrogens with one attached hydrogen (secondary N) is 1. The second kappa shape index (κ2) is 9.11. The van der Waals surface area contributed by atoms with Crippen LogP contribution in [-0.2, 0) is 14.3 Å². The summed E-state index contributed by atoms with van der Waals surface area (Å²) >= 11 is 6.22. The van der Waals surface area contributed by atoms with Gasteiger partial charge in [0.05, 0.1) is 11.6 Å². The Bertz CT molecular complexity index is 523. The molecule has 1 amide bonds. The van der Waals surface area contributed by atoms with Crippen molar-refractivity contribution < 1.29 is 19.0 Å². The van der Waals surface area contributed by atoms with Gasteiger partial charge in [0.15, 0.2) is 0 Å². The number of anilines is 1. The van der Waals surface area contributed by atoms with Crippen molar-refractivity contribution in [2.24, 2.45) is 0 Å². The van der Waals surface area contributed by atoms with Crippen LogP contribution in [0.2, 0.25) is 5.02 Å². The lowest BCUT2D eigenvalue weighted by atomic mass is 9.99. The molecule has 0 aliphatic carbocycles. The first-order valence-corrected chi connectivity index (χ1v) is 8.05. The maximum atomic E-state index is 12.4. The lowest BCUT2D eigenvalue weighted by molar-refractivity contribution is -0.136. The maximum Gasteiger partial charge on any atom is 0.256 e. The maximum absolute atomic E-state index is 12.4. The lowest BCUT2D eigenvalue weighted by Gasteiger charge is -2.26. The van der Waals surface area contributed by atoms with Gasteiger partial charge in [-0.05, 0) is 38.5 Å². The molecule has 0 heterocycles. The molecule has 0 radical (unpaired) electrons. The molecule has 0 bridgehead atoms. The van der Waals surface area contributed by atoms with Crippen molar-refractivity contribution in [3.8, 4) is 5.75 Å². The van der Waals surface area contributed by atoms with Crippen LogP contribution in [0.15, 0.2) is 18.2 Å². The minimum absolute atomic E-state index is 0.112. The normalized spacial score (nSPS) is 14.9. The number of carbonyl (C=O) groups is 1. The molecule has 0 saturated carbocycles. The molecule has 0 aliphatic rings. The first-order valence-electron chi connectivity index (χ1n) is 7.68. The van der Waals surface area contributed by atoms with E-state index in [1.54, 1.807) is 32.2 Å². The summed E-state index contributed by atoms with van der Waals surface area (Å²) in [6, 6.07) is 5.14. The highest BCUT2D eigenvalue weighted by atomic mass is 35.5. The first-order chi connectivity index (χ1) is 10.9. The van der Waals surface area contributed by atoms with Gasteiger partial charge in [0.2, 0.25) is 0 Å². The number of methoxy groups -OCH3 is 2. The molecule has 5 nitrogen and oxygen atoms in total. The number of halogens is 1. The molecule has 0 unspecified atom stereocenters. The van der Waals surface area contributed by atoms with Crippen LogP contribution >= 0.6 is 11.6 Å². The number of carbonyl (C=O) groups excluding carboxylic acids is 1. The Morgan fingerprint density at radius 2 is 2.09 bits per heavy atom. The second-order valence-corrected chi connectivity index (χ2v) is 6.08. The summed E-state index contributed by atoms with van der Waals surface area (Å²) in [5, 5.41) is 3.27. The van der Waals surface area contributed by atoms with Crippen molar-refractivity contribution in [1.82, 2.24) is 0 Å². The molecular formula is C17H26ClNO4. The van der Waals surface area contributed by atoms with E-state index in [4.69, 9.17) is 25.8 Å². The van der Waals surface area contributed by atoms with Gasteiger partial charge in [0, 0.05) is 19.9 Å². The smallest absolute Gasteiger partial charge is 0.256 e. The van der Waals surface area contributed by atoms with Gasteiger partial charge in [-0.2, -0.15) is 0 Å². The Labute approximate surface area is 143 Å². The Balaban J connectivity index is 2.79. The topological polar surface area (TPSA) is 56.8 Å². The predicted molar refractivity (Wildman–Crippen MR) is 92.4 cm³/mol. The molecular weight excluding hydrogens is 318 g/mol. The highest BCUT2D eigenvalue weighted by Crippen LogP contribution is 2.29. The van der Waals surface area contributed by atoms with Crippen molar-refractivity contribution >= 4 is 23.2 Å². The lowest BCUT2D eigenvalue weighted by Crippen LogP contribution is -2.41. The fourth-order valence-electron chi connectivity index (χ4n) is 2.21. The van der Waals surface area contributed by atoms with Crippen LogP contribution in [0.3, 0.4) is 0 Å². The number of ether oxygens (including phenoxy) is 3. The summed E-state index contributed by atoms with van der Waals surface area (Å²) in [6.07, 6.45) is 1.38. The predicted octanol–water partition coefficient (Wildman–Crippen LogP) is 3.90. The van der Waals surface area contributed by atoms with Crippen molar-refractivity contribution in [1.29, 1.82) is 0 Å². The third-order valence-electron chi connectivity index (χ3n) is 3.58. The average Bonchev–Trinajstić information content (AvgIpc) is 2.50. The number of hydrogen-bond donors (Lipinski definition) is 1. The van der Waals surface area contributed by atoms with Crippen molar-refractivity contribution in [2.45, 2.75) is 45.3 Å². The Kier molecular flexibility index (Phi) is 7.82. The summed E-state index contributed by atoms with van der Waals surface area (Å²) in [7, 11) is 3.15. The summed E-state index contributed by atoms with van der Waals surface area (Å²) in [6.45, 7) is 6.15. The van der Waals surface area contributed by atoms with E-state index in [-0.39, 0.29) is 12.0 Å². The zero-order valence-corrected chi connectivity index (χ0v) is 15.2. The average molecular weight is 344 g/mol. The molecule has 2 atom stereocenters. The monoisotopic (exact) mass is 343 g/mol. The number of hydrogen-bond acceptors (Lipinski definition) is 4. The molecule has 1 aromatic rings. The molecule has 1 N–H and O–H groups in total. The van der Waals surface area contributed by atoms with E-state index in [0.29, 0.717) is 29.5 Å². The zero-order chi connectivity index (χ0) is 17.5. The van der Waals surface area contributed by atoms with E-state index in [9.17, 15) is 4.79 Å². The van der Waals surface area contributed by atoms with Crippen LogP contribution in [0.4, 0.5) is 5.69 Å². The van der Waals surface area contributed by atoms with Crippen LogP contribution in [0, 0.1) is 0 Å². The van der Waals surface area contributed by atoms with Gasteiger partial charge in [0.1, 0.15) is 17.5 Å². The minimum atomic E-state index is -0.858. The number of amides is 1. The molecule has 1 aromatic carbocycles. The molecule has 0 aromatic heterocycles. The molecule has 0 spiro atoms. The Hall–Kier alpha value is -1.30. The van der Waals surface area contributed by atoms with E-state index in [0.717, 1.165) is 6.42 Å². The van der Waals surface area contributed by atoms with E-state index in [1.165, 1.54) is 7.11 Å². The highest BCUT2D eigenvalue weighted by molar-refractivity contribution is 6.32. The highest BCUT2D eigenvalue weighted by Gasteiger charge is 2.32. The van der Waals surface area contributed by atoms with Gasteiger partial charge in [-0.25, -0.2) is 0 Å². The molecule has 0 saturated heterocycles. The second-order valence-electron chi connectivity index (χ2n) is 5.67. The first kappa shape index (κ1) is 19.7. The quantitative estimate of drug-likeness (QED) is 0.738. The minimum Gasteiger partial charge on any atom is -0.487 e. The van der Waals surface area contributed by atoms with E-state index < -0.39 is 5.60 Å². The molecule has 0 fully saturated rings. The van der Waals surface area contributed by atoms with Crippen LogP contribution in [-0.4, -0.2) is 38.4 Å². The molecule has 0 aliphatic heterocycles. The molecule has 130 valence electrons. The third kappa shape index (κ3) is 5.68. The fraction of sp³-hybridized carbons (Fsp3) is 0.588. The largest absolute Gasteiger partial charge is 0.487 e. The summed E-state index contributed by atoms with van der Waals surface area (Å²) in [5.41, 5.74) is -0.255. The molecule has 23 heavy (non-hydrogen) atoms. The van der Waals surface area contributed by atoms with Gasteiger partial charge < -0.3 is 19.5 Å². The van der Waals surface area contributed by atoms with Crippen LogP contribution < -0.4 is 10.1 Å². The van der Waals surface area contributed by atoms with Crippen LogP contribution in [0.5, 0.6) is 5.75 Å². The van der Waals surface area contributed by atoms with Crippen LogP contribution in [0.25, 0.3) is 0 Å². The molecule has 1 rings (SSSR count). The van der Waals surface area contributed by atoms with E-state index in [1.807, 2.05) is 13.8 Å². The van der Waals surface area contributed by atoms with E-state index in [2.05, 4.69) is 5.32 Å². The van der Waals surface area contributed by atoms with E-state index >= 15 is 0 Å². The van der Waals surface area contributed by atoms with Crippen LogP contribution in [0.1, 0.15) is 33.6 Å². The fourth-order valence-corrected chi connectivity index (χ4v) is 2.43. The summed E-state index contributed by atoms with van der Waals surface area (Å²) in [4.78, 5) is 12.4. The SMILES string of the molecule is CCC[C@@](C)(OC)C(=O)Nc1ccc(O[C@H](C)COC)c(Cl)c1. The van der Waals surface area contributed by atoms with Crippen molar-refractivity contribution in [3.05, 3.63) is 23.2 Å². The van der Waals surface area contributed by atoms with Gasteiger partial charge in [0.25, 0.3) is 5.91 Å². The van der Waals surface area contributed by atoms with Crippen molar-refractivity contribution in [2.75, 3.05) is 26.1 Å². The van der Waals surface area contributed by atoms with Gasteiger partial charge in [-0.1, -0.05) is 24.9 Å². The van der Waals surface area contributed by atoms with Gasteiger partial charge in [-0.15, -0.1) is 0 Å². The van der Waals surface area contributed by atoms with Gasteiger partial charge >= 0.3 is 0 Å². The zero-order valence-electron chi connectivity index (χ0n) is 14.4. The summed E-state index contributed by atoms with van der Waals surface area (Å²) in [5.74, 6) is 0.358. The summed E-state index contributed by atoms with van der Waals surface area (Å²) < 4.78 is 16.1. The standard InChI is InChI=1S/C17H26ClNO4/c1-6-9-17(3,22-5)16(20)19-13-7-8-15(14(18)10-13)23-12(2)11-21-4/h7-8,10,12H,6,9,11H2,1-5H3,(H,19,20)/t12-,17-/m1/s1. The Morgan fingerprint density at radius 3 is 2.61 bits per heavy atom.